The summed E-state index contributed by atoms with van der Waals surface area (Å²) in [6, 6.07) is -1.72. The summed E-state index contributed by atoms with van der Waals surface area (Å²) >= 11 is 0. The van der Waals surface area contributed by atoms with Gasteiger partial charge in [0, 0.05) is 26.4 Å². The molecule has 5 rings (SSSR count). The highest BCUT2D eigenvalue weighted by molar-refractivity contribution is 5.74. The number of carboxylic acids is 1. The summed E-state index contributed by atoms with van der Waals surface area (Å²) in [5.41, 5.74) is 0. The maximum absolute atomic E-state index is 12.7. The van der Waals surface area contributed by atoms with Crippen LogP contribution in [0.3, 0.4) is 0 Å². The Balaban J connectivity index is 1.41. The third-order valence-electron chi connectivity index (χ3n) is 12.5. The van der Waals surface area contributed by atoms with Crippen molar-refractivity contribution in [2.75, 3.05) is 40.1 Å². The molecule has 0 radical (unpaired) electrons. The zero-order valence-corrected chi connectivity index (χ0v) is 36.2. The Morgan fingerprint density at radius 3 is 1.71 bits per heavy atom. The van der Waals surface area contributed by atoms with Crippen LogP contribution in [-0.2, 0) is 57.0 Å². The number of methoxy groups -OCH3 is 1. The highest BCUT2D eigenvalue weighted by Crippen LogP contribution is 2.40. The number of nitrogens with one attached hydrogen (secondary N) is 1. The summed E-state index contributed by atoms with van der Waals surface area (Å²) in [6.07, 6.45) is -41.9. The van der Waals surface area contributed by atoms with E-state index in [0.29, 0.717) is 0 Å². The van der Waals surface area contributed by atoms with Gasteiger partial charge in [0.25, 0.3) is 0 Å². The Bertz CT molecular complexity index is 1550. The van der Waals surface area contributed by atoms with E-state index in [4.69, 9.17) is 47.4 Å². The summed E-state index contributed by atoms with van der Waals surface area (Å²) in [5, 5.41) is 165. The van der Waals surface area contributed by atoms with Gasteiger partial charge in [-0.2, -0.15) is 0 Å². The molecule has 1 amide bonds. The predicted molar refractivity (Wildman–Crippen MR) is 204 cm³/mol. The van der Waals surface area contributed by atoms with Crippen LogP contribution in [0.15, 0.2) is 0 Å². The van der Waals surface area contributed by atoms with Crippen LogP contribution < -0.4 is 10.4 Å². The number of hydrogen-bond donors (Lipinski definition) is 15. The molecule has 11 unspecified atom stereocenters. The fraction of sp³-hybridized carbons (Fsp3) is 0.947. The molecular formula is C38H64NO27-. The lowest BCUT2D eigenvalue weighted by Gasteiger charge is -2.52. The van der Waals surface area contributed by atoms with Gasteiger partial charge in [0.2, 0.25) is 11.7 Å². The molecule has 0 aliphatic carbocycles. The monoisotopic (exact) mass is 966 g/mol. The van der Waals surface area contributed by atoms with E-state index in [1.165, 1.54) is 21.0 Å². The van der Waals surface area contributed by atoms with Crippen LogP contribution in [0.5, 0.6) is 0 Å². The SMILES string of the molecule is COCC1O[C@@H](O[C@@H]2C(O)[C@H](O[C@@H]3C(CO)O[C@@H](C)C(O)[C@H]3O)OC(CO)[C@@H]2O)C(NC(C)=O)[C@@H](O)[C@@H]1O[C@@H]1OC(CO)[C@H](O)[C@H](O[C@]2(C(=O)[O-])C[C@@H](O)[C@@H](C)C(C(O)C(O)CO)O2)C1O. The average molecular weight is 967 g/mol. The maximum Gasteiger partial charge on any atom is 0.217 e. The second kappa shape index (κ2) is 23.3. The smallest absolute Gasteiger partial charge is 0.217 e. The fourth-order valence-electron chi connectivity index (χ4n) is 8.67. The number of ether oxygens (including phenoxy) is 10. The molecule has 0 aromatic rings. The highest BCUT2D eigenvalue weighted by atomic mass is 16.8. The number of carbonyl (C=O) groups excluding carboxylic acids is 2. The molecule has 0 aromatic carbocycles. The number of carbonyl (C=O) groups is 2. The van der Waals surface area contributed by atoms with E-state index < -0.39 is 210 Å². The van der Waals surface area contributed by atoms with Gasteiger partial charge in [-0.05, 0) is 6.92 Å². The summed E-state index contributed by atoms with van der Waals surface area (Å²) < 4.78 is 57.1. The lowest BCUT2D eigenvalue weighted by molar-refractivity contribution is -0.413. The lowest BCUT2D eigenvalue weighted by Crippen LogP contribution is -2.71. The van der Waals surface area contributed by atoms with Gasteiger partial charge in [-0.25, -0.2) is 0 Å². The normalized spacial score (nSPS) is 47.8. The molecule has 28 nitrogen and oxygen atoms in total. The quantitative estimate of drug-likeness (QED) is 0.0606. The van der Waals surface area contributed by atoms with Crippen molar-refractivity contribution >= 4 is 11.9 Å². The van der Waals surface area contributed by atoms with E-state index in [2.05, 4.69) is 5.32 Å². The van der Waals surface area contributed by atoms with E-state index >= 15 is 0 Å². The summed E-state index contributed by atoms with van der Waals surface area (Å²) in [6.45, 7) is -0.367. The number of amides is 1. The Labute approximate surface area is 376 Å². The number of carboxylic acid groups (broad SMARTS) is 1. The van der Waals surface area contributed by atoms with Crippen LogP contribution in [0, 0.1) is 5.92 Å². The Kier molecular flexibility index (Phi) is 19.4. The largest absolute Gasteiger partial charge is 0.544 e. The first-order valence-corrected chi connectivity index (χ1v) is 21.2. The minimum Gasteiger partial charge on any atom is -0.544 e. The molecule has 5 heterocycles. The molecule has 5 saturated heterocycles. The summed E-state index contributed by atoms with van der Waals surface area (Å²) in [7, 11) is 1.19. The fourth-order valence-corrected chi connectivity index (χ4v) is 8.67. The maximum atomic E-state index is 12.7. The highest BCUT2D eigenvalue weighted by Gasteiger charge is 2.58. The first-order valence-electron chi connectivity index (χ1n) is 21.2. The molecule has 26 atom stereocenters. The Morgan fingerprint density at radius 2 is 1.20 bits per heavy atom. The third-order valence-corrected chi connectivity index (χ3v) is 12.5. The van der Waals surface area contributed by atoms with Gasteiger partial charge in [0.15, 0.2) is 18.9 Å². The molecule has 5 fully saturated rings. The van der Waals surface area contributed by atoms with E-state index in [1.54, 1.807) is 0 Å². The van der Waals surface area contributed by atoms with Gasteiger partial charge in [-0.3, -0.25) is 4.79 Å². The van der Waals surface area contributed by atoms with Gasteiger partial charge in [-0.15, -0.1) is 0 Å². The molecule has 0 aromatic heterocycles. The second-order valence-electron chi connectivity index (χ2n) is 17.1. The first kappa shape index (κ1) is 54.9. The number of aliphatic hydroxyl groups excluding tert-OH is 14. The molecule has 28 heteroatoms. The first-order chi connectivity index (χ1) is 31.1. The second-order valence-corrected chi connectivity index (χ2v) is 17.1. The molecular weight excluding hydrogens is 902 g/mol. The minimum atomic E-state index is -3.09. The Hall–Kier alpha value is -2.02. The summed E-state index contributed by atoms with van der Waals surface area (Å²) in [5.74, 6) is -7.17. The molecule has 5 aliphatic rings. The van der Waals surface area contributed by atoms with Crippen LogP contribution in [0.4, 0.5) is 0 Å². The lowest BCUT2D eigenvalue weighted by atomic mass is 9.84. The van der Waals surface area contributed by atoms with E-state index in [9.17, 15) is 86.2 Å². The van der Waals surface area contributed by atoms with E-state index in [-0.39, 0.29) is 0 Å². The average Bonchev–Trinajstić information content (AvgIpc) is 3.28. The van der Waals surface area contributed by atoms with E-state index in [1.807, 2.05) is 0 Å². The van der Waals surface area contributed by atoms with Gasteiger partial charge in [0.1, 0.15) is 116 Å². The van der Waals surface area contributed by atoms with Crippen molar-refractivity contribution in [1.82, 2.24) is 5.32 Å². The zero-order chi connectivity index (χ0) is 49.1. The zero-order valence-electron chi connectivity index (χ0n) is 36.2. The van der Waals surface area contributed by atoms with Gasteiger partial charge in [0.05, 0.1) is 51.3 Å². The van der Waals surface area contributed by atoms with Gasteiger partial charge in [-0.1, -0.05) is 6.92 Å². The van der Waals surface area contributed by atoms with Gasteiger partial charge < -0.3 is 134 Å². The van der Waals surface area contributed by atoms with Crippen LogP contribution in [0.1, 0.15) is 27.2 Å². The topological polar surface area (TPSA) is 445 Å². The third kappa shape index (κ3) is 11.4. The number of aliphatic hydroxyl groups is 14. The van der Waals surface area contributed by atoms with E-state index in [0.717, 1.165) is 6.92 Å². The van der Waals surface area contributed by atoms with Crippen molar-refractivity contribution in [2.24, 2.45) is 5.92 Å². The van der Waals surface area contributed by atoms with Crippen molar-refractivity contribution in [3.8, 4) is 0 Å². The number of rotatable bonds is 18. The molecule has 384 valence electrons. The van der Waals surface area contributed by atoms with Crippen LogP contribution in [0.2, 0.25) is 0 Å². The van der Waals surface area contributed by atoms with Crippen molar-refractivity contribution < 1.29 is 134 Å². The van der Waals surface area contributed by atoms with Crippen LogP contribution >= 0.6 is 0 Å². The van der Waals surface area contributed by atoms with Crippen LogP contribution in [0.25, 0.3) is 0 Å². The van der Waals surface area contributed by atoms with Crippen molar-refractivity contribution in [3.63, 3.8) is 0 Å². The molecule has 0 saturated carbocycles. The van der Waals surface area contributed by atoms with Crippen LogP contribution in [-0.4, -0.2) is 276 Å². The number of aliphatic carboxylic acids is 1. The molecule has 15 N–H and O–H groups in total. The molecule has 0 bridgehead atoms. The Morgan fingerprint density at radius 1 is 0.682 bits per heavy atom. The summed E-state index contributed by atoms with van der Waals surface area (Å²) in [4.78, 5) is 25.3. The molecule has 0 spiro atoms. The van der Waals surface area contributed by atoms with Crippen molar-refractivity contribution in [1.29, 1.82) is 0 Å². The predicted octanol–water partition coefficient (Wildman–Crippen LogP) is -10.9. The minimum absolute atomic E-state index is 0.489. The number of hydrogen-bond acceptors (Lipinski definition) is 27. The standard InChI is InChI=1S/C38H65NO27/c1-11-14(45)5-38(37(55)56,65-29(11)22(48)15(46)6-40)66-33-24(50)17(8-42)60-36(28(33)54)63-31-19(10-57-4)61-34(20(25(31)51)39-13(3)44)64-32-23(49)16(7-41)59-35(27(32)53)62-30-18(9-43)58-12(2)21(47)26(30)52/h11-12,14-36,40-43,45-54H,5-10H2,1-4H3,(H,39,44)(H,55,56)/p-1/t11-,12+,14-,15?,16?,17?,18?,19?,20?,21?,22?,23+,24+,25-,26-,27?,28?,29?,30-,31-,32+,33+,34+,35+,36+,38+/m1/s1. The molecule has 66 heavy (non-hydrogen) atoms. The van der Waals surface area contributed by atoms with Crippen molar-refractivity contribution in [2.45, 2.75) is 180 Å². The molecule has 5 aliphatic heterocycles. The van der Waals surface area contributed by atoms with Gasteiger partial charge >= 0.3 is 0 Å². The van der Waals surface area contributed by atoms with Crippen molar-refractivity contribution in [3.05, 3.63) is 0 Å².